The number of hydrogen-bond donors (Lipinski definition) is 3. The summed E-state index contributed by atoms with van der Waals surface area (Å²) in [4.78, 5) is 16.5. The first-order valence-electron chi connectivity index (χ1n) is 7.64. The second-order valence-electron chi connectivity index (χ2n) is 4.89. The van der Waals surface area contributed by atoms with E-state index in [0.29, 0.717) is 18.0 Å². The third-order valence-electron chi connectivity index (χ3n) is 3.10. The van der Waals surface area contributed by atoms with Gasteiger partial charge in [-0.05, 0) is 37.8 Å². The number of nitrogens with zero attached hydrogens (tertiary/aromatic N) is 1. The van der Waals surface area contributed by atoms with Crippen molar-refractivity contribution in [2.45, 2.75) is 20.3 Å². The molecule has 0 atom stereocenters. The van der Waals surface area contributed by atoms with Gasteiger partial charge in [0.05, 0.1) is 6.54 Å². The Bertz CT molecular complexity index is 543. The molecule has 0 aliphatic heterocycles. The molecule has 0 radical (unpaired) electrons. The zero-order valence-corrected chi connectivity index (χ0v) is 18.2. The van der Waals surface area contributed by atoms with Gasteiger partial charge in [-0.1, -0.05) is 17.7 Å². The first-order valence-corrected chi connectivity index (χ1v) is 9.41. The number of rotatable bonds is 8. The molecule has 5 nitrogen and oxygen atoms in total. The maximum absolute atomic E-state index is 12.0. The third-order valence-corrected chi connectivity index (χ3v) is 4.10. The highest BCUT2D eigenvalue weighted by atomic mass is 127. The van der Waals surface area contributed by atoms with Crippen molar-refractivity contribution >= 4 is 64.9 Å². The monoisotopic (exact) mass is 484 g/mol. The Kier molecular flexibility index (Phi) is 13.2. The predicted molar refractivity (Wildman–Crippen MR) is 117 cm³/mol. The summed E-state index contributed by atoms with van der Waals surface area (Å²) in [5.74, 6) is 1.67. The minimum Gasteiger partial charge on any atom is -0.357 e. The number of hydrogen-bond acceptors (Lipinski definition) is 3. The molecule has 3 N–H and O–H groups in total. The van der Waals surface area contributed by atoms with E-state index in [0.717, 1.165) is 36.1 Å². The van der Waals surface area contributed by atoms with Crippen LogP contribution in [0.3, 0.4) is 0 Å². The van der Waals surface area contributed by atoms with Gasteiger partial charge in [0.2, 0.25) is 5.91 Å². The van der Waals surface area contributed by atoms with Crippen LogP contribution in [0, 0.1) is 6.92 Å². The van der Waals surface area contributed by atoms with Gasteiger partial charge in [-0.3, -0.25) is 9.79 Å². The van der Waals surface area contributed by atoms with Gasteiger partial charge in [0.15, 0.2) is 5.96 Å². The fourth-order valence-electron chi connectivity index (χ4n) is 1.84. The van der Waals surface area contributed by atoms with E-state index in [1.807, 2.05) is 32.0 Å². The summed E-state index contributed by atoms with van der Waals surface area (Å²) in [6, 6.07) is 5.48. The molecule has 1 rings (SSSR count). The first-order chi connectivity index (χ1) is 11.1. The van der Waals surface area contributed by atoms with E-state index in [1.54, 1.807) is 11.8 Å². The SMILES string of the molecule is CCNC(=NCCSC)NCCC(=O)Nc1cccc(Cl)c1C.I. The standard InChI is InChI=1S/C16H25ClN4OS.HI/c1-4-18-16(20-10-11-23-3)19-9-8-15(22)21-14-7-5-6-13(17)12(14)2;/h5-7H,4,8-11H2,1-3H3,(H,21,22)(H2,18,19,20);1H. The minimum absolute atomic E-state index is 0. The summed E-state index contributed by atoms with van der Waals surface area (Å²) in [6.45, 7) is 5.97. The van der Waals surface area contributed by atoms with Crippen LogP contribution < -0.4 is 16.0 Å². The van der Waals surface area contributed by atoms with Gasteiger partial charge in [-0.15, -0.1) is 24.0 Å². The van der Waals surface area contributed by atoms with Crippen LogP contribution in [0.2, 0.25) is 5.02 Å². The maximum atomic E-state index is 12.0. The van der Waals surface area contributed by atoms with Crippen molar-refractivity contribution in [2.75, 3.05) is 37.0 Å². The van der Waals surface area contributed by atoms with E-state index < -0.39 is 0 Å². The molecule has 1 amide bonds. The number of nitrogens with one attached hydrogen (secondary N) is 3. The van der Waals surface area contributed by atoms with E-state index >= 15 is 0 Å². The van der Waals surface area contributed by atoms with Crippen molar-refractivity contribution in [3.05, 3.63) is 28.8 Å². The van der Waals surface area contributed by atoms with Gasteiger partial charge in [-0.25, -0.2) is 0 Å². The number of amides is 1. The van der Waals surface area contributed by atoms with Gasteiger partial charge in [-0.2, -0.15) is 11.8 Å². The smallest absolute Gasteiger partial charge is 0.226 e. The van der Waals surface area contributed by atoms with E-state index in [1.165, 1.54) is 0 Å². The second kappa shape index (κ2) is 13.6. The molecule has 0 fully saturated rings. The molecule has 0 unspecified atom stereocenters. The summed E-state index contributed by atoms with van der Waals surface area (Å²) in [7, 11) is 0. The van der Waals surface area contributed by atoms with E-state index in [2.05, 4.69) is 27.2 Å². The van der Waals surface area contributed by atoms with Crippen LogP contribution in [0.1, 0.15) is 18.9 Å². The van der Waals surface area contributed by atoms with Crippen LogP contribution in [-0.4, -0.2) is 43.5 Å². The van der Waals surface area contributed by atoms with Crippen molar-refractivity contribution in [2.24, 2.45) is 4.99 Å². The Morgan fingerprint density at radius 3 is 2.75 bits per heavy atom. The van der Waals surface area contributed by atoms with Crippen LogP contribution in [0.25, 0.3) is 0 Å². The topological polar surface area (TPSA) is 65.5 Å². The lowest BCUT2D eigenvalue weighted by Gasteiger charge is -2.12. The van der Waals surface area contributed by atoms with Crippen LogP contribution in [0.5, 0.6) is 0 Å². The molecule has 0 aromatic heterocycles. The number of anilines is 1. The van der Waals surface area contributed by atoms with Crippen molar-refractivity contribution in [3.8, 4) is 0 Å². The lowest BCUT2D eigenvalue weighted by molar-refractivity contribution is -0.116. The molecule has 0 aliphatic carbocycles. The highest BCUT2D eigenvalue weighted by Crippen LogP contribution is 2.22. The van der Waals surface area contributed by atoms with E-state index in [-0.39, 0.29) is 29.9 Å². The summed E-state index contributed by atoms with van der Waals surface area (Å²) in [5.41, 5.74) is 1.63. The largest absolute Gasteiger partial charge is 0.357 e. The Morgan fingerprint density at radius 1 is 1.33 bits per heavy atom. The molecule has 1 aromatic carbocycles. The maximum Gasteiger partial charge on any atom is 0.226 e. The molecule has 0 aliphatic rings. The summed E-state index contributed by atoms with van der Waals surface area (Å²) < 4.78 is 0. The number of benzene rings is 1. The molecule has 0 bridgehead atoms. The Labute approximate surface area is 170 Å². The predicted octanol–water partition coefficient (Wildman–Crippen LogP) is 3.51. The average Bonchev–Trinajstić information content (AvgIpc) is 2.52. The normalized spacial score (nSPS) is 10.8. The molecule has 0 saturated carbocycles. The van der Waals surface area contributed by atoms with Crippen LogP contribution in [0.15, 0.2) is 23.2 Å². The van der Waals surface area contributed by atoms with Gasteiger partial charge in [0.1, 0.15) is 0 Å². The van der Waals surface area contributed by atoms with E-state index in [9.17, 15) is 4.79 Å². The van der Waals surface area contributed by atoms with E-state index in [4.69, 9.17) is 11.6 Å². The Hall–Kier alpha value is -0.670. The Balaban J connectivity index is 0.00000529. The number of carbonyl (C=O) groups is 1. The number of carbonyl (C=O) groups excluding carboxylic acids is 1. The fourth-order valence-corrected chi connectivity index (χ4v) is 2.29. The van der Waals surface area contributed by atoms with Gasteiger partial charge < -0.3 is 16.0 Å². The molecule has 8 heteroatoms. The molecule has 24 heavy (non-hydrogen) atoms. The molecule has 136 valence electrons. The van der Waals surface area contributed by atoms with Crippen LogP contribution in [-0.2, 0) is 4.79 Å². The van der Waals surface area contributed by atoms with Crippen molar-refractivity contribution in [1.82, 2.24) is 10.6 Å². The zero-order chi connectivity index (χ0) is 17.1. The number of thioether (sulfide) groups is 1. The van der Waals surface area contributed by atoms with Gasteiger partial charge in [0.25, 0.3) is 0 Å². The average molecular weight is 485 g/mol. The quantitative estimate of drug-likeness (QED) is 0.229. The number of guanidine groups is 1. The highest BCUT2D eigenvalue weighted by Gasteiger charge is 2.07. The lowest BCUT2D eigenvalue weighted by Crippen LogP contribution is -2.38. The molecule has 0 spiro atoms. The summed E-state index contributed by atoms with van der Waals surface area (Å²) in [5, 5.41) is 9.86. The summed E-state index contributed by atoms with van der Waals surface area (Å²) >= 11 is 7.81. The molecular weight excluding hydrogens is 459 g/mol. The highest BCUT2D eigenvalue weighted by molar-refractivity contribution is 14.0. The minimum atomic E-state index is -0.0529. The van der Waals surface area contributed by atoms with Crippen LogP contribution in [0.4, 0.5) is 5.69 Å². The third kappa shape index (κ3) is 8.98. The zero-order valence-electron chi connectivity index (χ0n) is 14.3. The van der Waals surface area contributed by atoms with Crippen LogP contribution >= 0.6 is 47.3 Å². The molecule has 1 aromatic rings. The second-order valence-corrected chi connectivity index (χ2v) is 6.28. The number of aliphatic imine (C=N–C) groups is 1. The molecule has 0 heterocycles. The summed E-state index contributed by atoms with van der Waals surface area (Å²) in [6.07, 6.45) is 2.41. The number of halogens is 2. The first kappa shape index (κ1) is 23.3. The molecule has 0 saturated heterocycles. The van der Waals surface area contributed by atoms with Crippen molar-refractivity contribution in [1.29, 1.82) is 0 Å². The van der Waals surface area contributed by atoms with Crippen molar-refractivity contribution < 1.29 is 4.79 Å². The van der Waals surface area contributed by atoms with Crippen molar-refractivity contribution in [3.63, 3.8) is 0 Å². The molecular formula is C16H26ClIN4OS. The lowest BCUT2D eigenvalue weighted by atomic mass is 10.2. The Morgan fingerprint density at radius 2 is 2.08 bits per heavy atom. The fraction of sp³-hybridized carbons (Fsp3) is 0.500. The van der Waals surface area contributed by atoms with Gasteiger partial charge in [0, 0.05) is 36.0 Å². The van der Waals surface area contributed by atoms with Gasteiger partial charge >= 0.3 is 0 Å².